The summed E-state index contributed by atoms with van der Waals surface area (Å²) in [5.74, 6) is 0.751. The van der Waals surface area contributed by atoms with Crippen molar-refractivity contribution in [1.82, 2.24) is 19.8 Å². The summed E-state index contributed by atoms with van der Waals surface area (Å²) in [5, 5.41) is 7.07. The van der Waals surface area contributed by atoms with Gasteiger partial charge in [-0.1, -0.05) is 17.3 Å². The molecule has 0 amide bonds. The molecule has 1 aliphatic heterocycles. The molecule has 8 nitrogen and oxygen atoms in total. The number of aromatic nitrogens is 2. The number of nitrogens with zero attached hydrogens (tertiary/aromatic N) is 3. The van der Waals surface area contributed by atoms with E-state index >= 15 is 0 Å². The van der Waals surface area contributed by atoms with Crippen LogP contribution in [-0.2, 0) is 21.2 Å². The Kier molecular flexibility index (Phi) is 7.13. The summed E-state index contributed by atoms with van der Waals surface area (Å²) in [6.45, 7) is 3.48. The lowest BCUT2D eigenvalue weighted by atomic mass is 10.2. The summed E-state index contributed by atoms with van der Waals surface area (Å²) in [4.78, 5) is 4.54. The Balaban J connectivity index is 0.00000243. The number of nitrogens with one attached hydrogen (secondary N) is 1. The number of morpholine rings is 1. The van der Waals surface area contributed by atoms with Crippen LogP contribution in [0.4, 0.5) is 0 Å². The third-order valence-electron chi connectivity index (χ3n) is 4.15. The highest BCUT2D eigenvalue weighted by atomic mass is 35.5. The zero-order chi connectivity index (χ0) is 17.9. The SMILES string of the molecule is CNC(C)Cc1noc(-c2ccccc2S(=O)(=O)N2CCOCC2)n1.Cl. The number of ether oxygens (including phenoxy) is 1. The predicted molar refractivity (Wildman–Crippen MR) is 98.8 cm³/mol. The molecule has 144 valence electrons. The van der Waals surface area contributed by atoms with Crippen molar-refractivity contribution in [1.29, 1.82) is 0 Å². The number of hydrogen-bond acceptors (Lipinski definition) is 7. The van der Waals surface area contributed by atoms with Crippen LogP contribution in [0, 0.1) is 0 Å². The molecular weight excluding hydrogens is 380 g/mol. The molecule has 1 saturated heterocycles. The molecule has 1 atom stereocenters. The Morgan fingerprint density at radius 2 is 1.96 bits per heavy atom. The smallest absolute Gasteiger partial charge is 0.259 e. The van der Waals surface area contributed by atoms with Crippen molar-refractivity contribution in [3.8, 4) is 11.5 Å². The first-order chi connectivity index (χ1) is 12.0. The Labute approximate surface area is 159 Å². The van der Waals surface area contributed by atoms with Crippen LogP contribution < -0.4 is 5.32 Å². The number of hydrogen-bond donors (Lipinski definition) is 1. The fourth-order valence-corrected chi connectivity index (χ4v) is 4.21. The number of sulfonamides is 1. The van der Waals surface area contributed by atoms with Gasteiger partial charge in [-0.3, -0.25) is 0 Å². The molecular formula is C16H23ClN4O4S. The Hall–Kier alpha value is -1.52. The Morgan fingerprint density at radius 3 is 2.65 bits per heavy atom. The van der Waals surface area contributed by atoms with Crippen molar-refractivity contribution < 1.29 is 17.7 Å². The Bertz CT molecular complexity index is 821. The largest absolute Gasteiger partial charge is 0.379 e. The van der Waals surface area contributed by atoms with E-state index in [0.717, 1.165) is 0 Å². The van der Waals surface area contributed by atoms with E-state index in [2.05, 4.69) is 15.5 Å². The minimum absolute atomic E-state index is 0. The van der Waals surface area contributed by atoms with Crippen LogP contribution in [0.15, 0.2) is 33.7 Å². The minimum Gasteiger partial charge on any atom is -0.379 e. The van der Waals surface area contributed by atoms with Gasteiger partial charge in [-0.25, -0.2) is 8.42 Å². The third kappa shape index (κ3) is 4.41. The number of halogens is 1. The number of rotatable bonds is 6. The van der Waals surface area contributed by atoms with Crippen molar-refractivity contribution >= 4 is 22.4 Å². The van der Waals surface area contributed by atoms with Crippen LogP contribution in [-0.4, -0.2) is 62.3 Å². The summed E-state index contributed by atoms with van der Waals surface area (Å²) in [5.41, 5.74) is 0.421. The maximum absolute atomic E-state index is 13.0. The van der Waals surface area contributed by atoms with Crippen molar-refractivity contribution in [3.05, 3.63) is 30.1 Å². The molecule has 10 heteroatoms. The van der Waals surface area contributed by atoms with E-state index in [0.29, 0.717) is 44.1 Å². The van der Waals surface area contributed by atoms with Crippen LogP contribution in [0.25, 0.3) is 11.5 Å². The standard InChI is InChI=1S/C16H22N4O4S.ClH/c1-12(17-2)11-15-18-16(24-19-15)13-5-3-4-6-14(13)25(21,22)20-7-9-23-10-8-20;/h3-6,12,17H,7-11H2,1-2H3;1H. The zero-order valence-corrected chi connectivity index (χ0v) is 16.3. The summed E-state index contributed by atoms with van der Waals surface area (Å²) in [7, 11) is -1.79. The van der Waals surface area contributed by atoms with E-state index in [9.17, 15) is 8.42 Å². The zero-order valence-electron chi connectivity index (χ0n) is 14.7. The molecule has 1 unspecified atom stereocenters. The maximum atomic E-state index is 13.0. The van der Waals surface area contributed by atoms with E-state index in [1.165, 1.54) is 4.31 Å². The summed E-state index contributed by atoms with van der Waals surface area (Å²) in [6.07, 6.45) is 0.596. The molecule has 2 aromatic rings. The van der Waals surface area contributed by atoms with Crippen molar-refractivity contribution in [2.75, 3.05) is 33.4 Å². The van der Waals surface area contributed by atoms with Gasteiger partial charge in [0.25, 0.3) is 5.89 Å². The second kappa shape index (κ2) is 8.92. The van der Waals surface area contributed by atoms with E-state index in [4.69, 9.17) is 9.26 Å². The molecule has 2 heterocycles. The molecule has 0 spiro atoms. The van der Waals surface area contributed by atoms with Crippen LogP contribution >= 0.6 is 12.4 Å². The molecule has 0 bridgehead atoms. The molecule has 1 aromatic carbocycles. The minimum atomic E-state index is -3.65. The Morgan fingerprint density at radius 1 is 1.27 bits per heavy atom. The molecule has 0 aliphatic carbocycles. The van der Waals surface area contributed by atoms with Gasteiger partial charge in [0, 0.05) is 25.6 Å². The first-order valence-corrected chi connectivity index (χ1v) is 9.63. The van der Waals surface area contributed by atoms with Crippen molar-refractivity contribution in [2.45, 2.75) is 24.3 Å². The van der Waals surface area contributed by atoms with Crippen molar-refractivity contribution in [2.24, 2.45) is 0 Å². The average molecular weight is 403 g/mol. The fourth-order valence-electron chi connectivity index (χ4n) is 2.62. The van der Waals surface area contributed by atoms with Gasteiger partial charge in [0.2, 0.25) is 10.0 Å². The highest BCUT2D eigenvalue weighted by Crippen LogP contribution is 2.28. The van der Waals surface area contributed by atoms with Crippen LogP contribution in [0.1, 0.15) is 12.7 Å². The molecule has 1 aromatic heterocycles. The lowest BCUT2D eigenvalue weighted by Gasteiger charge is -2.26. The topological polar surface area (TPSA) is 97.6 Å². The second-order valence-electron chi connectivity index (χ2n) is 5.92. The van der Waals surface area contributed by atoms with Gasteiger partial charge in [-0.2, -0.15) is 9.29 Å². The van der Waals surface area contributed by atoms with E-state index in [1.54, 1.807) is 24.3 Å². The molecule has 26 heavy (non-hydrogen) atoms. The van der Waals surface area contributed by atoms with Gasteiger partial charge in [-0.15, -0.1) is 12.4 Å². The van der Waals surface area contributed by atoms with E-state index in [1.807, 2.05) is 14.0 Å². The molecule has 0 saturated carbocycles. The first-order valence-electron chi connectivity index (χ1n) is 8.19. The maximum Gasteiger partial charge on any atom is 0.259 e. The predicted octanol–water partition coefficient (Wildman–Crippen LogP) is 1.33. The van der Waals surface area contributed by atoms with Crippen LogP contribution in [0.3, 0.4) is 0 Å². The van der Waals surface area contributed by atoms with Crippen LogP contribution in [0.5, 0.6) is 0 Å². The molecule has 0 radical (unpaired) electrons. The lowest BCUT2D eigenvalue weighted by Crippen LogP contribution is -2.40. The molecule has 1 fully saturated rings. The highest BCUT2D eigenvalue weighted by molar-refractivity contribution is 7.89. The van der Waals surface area contributed by atoms with Crippen LogP contribution in [0.2, 0.25) is 0 Å². The number of likely N-dealkylation sites (N-methyl/N-ethyl adjacent to an activating group) is 1. The second-order valence-corrected chi connectivity index (χ2v) is 7.83. The number of benzene rings is 1. The van der Waals surface area contributed by atoms with Gasteiger partial charge in [0.1, 0.15) is 0 Å². The summed E-state index contributed by atoms with van der Waals surface area (Å²) >= 11 is 0. The monoisotopic (exact) mass is 402 g/mol. The van der Waals surface area contributed by atoms with Gasteiger partial charge in [-0.05, 0) is 26.1 Å². The molecule has 1 N–H and O–H groups in total. The van der Waals surface area contributed by atoms with Gasteiger partial charge in [0.05, 0.1) is 23.7 Å². The lowest BCUT2D eigenvalue weighted by molar-refractivity contribution is 0.0730. The third-order valence-corrected chi connectivity index (χ3v) is 6.11. The van der Waals surface area contributed by atoms with Gasteiger partial charge < -0.3 is 14.6 Å². The van der Waals surface area contributed by atoms with Gasteiger partial charge in [0.15, 0.2) is 5.82 Å². The van der Waals surface area contributed by atoms with Crippen molar-refractivity contribution in [3.63, 3.8) is 0 Å². The van der Waals surface area contributed by atoms with E-state index < -0.39 is 10.0 Å². The fraction of sp³-hybridized carbons (Fsp3) is 0.500. The first kappa shape index (κ1) is 20.8. The molecule has 3 rings (SSSR count). The summed E-state index contributed by atoms with van der Waals surface area (Å²) in [6, 6.07) is 6.90. The van der Waals surface area contributed by atoms with E-state index in [-0.39, 0.29) is 29.2 Å². The quantitative estimate of drug-likeness (QED) is 0.778. The van der Waals surface area contributed by atoms with Gasteiger partial charge >= 0.3 is 0 Å². The normalized spacial score (nSPS) is 16.8. The molecule has 1 aliphatic rings. The average Bonchev–Trinajstić information content (AvgIpc) is 3.10. The highest BCUT2D eigenvalue weighted by Gasteiger charge is 2.30. The summed E-state index contributed by atoms with van der Waals surface area (Å²) < 4.78 is 38.0.